The summed E-state index contributed by atoms with van der Waals surface area (Å²) in [7, 11) is 0. The van der Waals surface area contributed by atoms with Gasteiger partial charge in [0.2, 0.25) is 0 Å². The zero-order valence-corrected chi connectivity index (χ0v) is 13.3. The number of aryl methyl sites for hydroxylation is 1. The molecule has 1 aliphatic rings. The summed E-state index contributed by atoms with van der Waals surface area (Å²) in [5.74, 6) is 0.635. The van der Waals surface area contributed by atoms with Crippen molar-refractivity contribution in [2.75, 3.05) is 13.1 Å². The van der Waals surface area contributed by atoms with Gasteiger partial charge in [0.05, 0.1) is 0 Å². The number of piperidine rings is 1. The Bertz CT molecular complexity index is 454. The van der Waals surface area contributed by atoms with Gasteiger partial charge < -0.3 is 10.6 Å². The second-order valence-corrected chi connectivity index (χ2v) is 5.73. The van der Waals surface area contributed by atoms with Crippen LogP contribution in [0.2, 0.25) is 0 Å². The van der Waals surface area contributed by atoms with Gasteiger partial charge in [0, 0.05) is 11.6 Å². The van der Waals surface area contributed by atoms with Gasteiger partial charge in [-0.25, -0.2) is 0 Å². The first-order valence-electron chi connectivity index (χ1n) is 7.20. The molecule has 2 rings (SSSR count). The van der Waals surface area contributed by atoms with Crippen molar-refractivity contribution in [1.82, 2.24) is 10.6 Å². The van der Waals surface area contributed by atoms with E-state index >= 15 is 0 Å². The summed E-state index contributed by atoms with van der Waals surface area (Å²) in [4.78, 5) is 12.2. The summed E-state index contributed by atoms with van der Waals surface area (Å²) in [5.41, 5.74) is 3.18. The van der Waals surface area contributed by atoms with E-state index in [4.69, 9.17) is 0 Å². The Morgan fingerprint density at radius 1 is 1.30 bits per heavy atom. The first-order chi connectivity index (χ1) is 9.08. The van der Waals surface area contributed by atoms with Crippen molar-refractivity contribution in [3.63, 3.8) is 0 Å². The molecule has 112 valence electrons. The molecule has 0 atom stereocenters. The standard InChI is InChI=1S/C16H24N2O.ClH/c1-11(2)18-16(19)15-10-14(5-4-12(15)3)13-6-8-17-9-7-13;/h4-5,10-11,13,17H,6-9H2,1-3H3,(H,18,19);1H. The smallest absolute Gasteiger partial charge is 0.251 e. The van der Waals surface area contributed by atoms with Crippen LogP contribution in [0.4, 0.5) is 0 Å². The average Bonchev–Trinajstić information content (AvgIpc) is 2.39. The topological polar surface area (TPSA) is 41.1 Å². The van der Waals surface area contributed by atoms with Crippen molar-refractivity contribution in [1.29, 1.82) is 0 Å². The highest BCUT2D eigenvalue weighted by Gasteiger charge is 2.18. The van der Waals surface area contributed by atoms with Gasteiger partial charge in [-0.05, 0) is 69.8 Å². The van der Waals surface area contributed by atoms with E-state index in [-0.39, 0.29) is 24.4 Å². The lowest BCUT2D eigenvalue weighted by molar-refractivity contribution is 0.0942. The number of rotatable bonds is 3. The van der Waals surface area contributed by atoms with Gasteiger partial charge in [0.25, 0.3) is 5.91 Å². The fraction of sp³-hybridized carbons (Fsp3) is 0.562. The van der Waals surface area contributed by atoms with E-state index in [1.54, 1.807) is 0 Å². The minimum absolute atomic E-state index is 0. The van der Waals surface area contributed by atoms with E-state index < -0.39 is 0 Å². The average molecular weight is 297 g/mol. The third kappa shape index (κ3) is 4.22. The van der Waals surface area contributed by atoms with Gasteiger partial charge in [-0.3, -0.25) is 4.79 Å². The highest BCUT2D eigenvalue weighted by molar-refractivity contribution is 5.96. The molecule has 0 aromatic heterocycles. The Hall–Kier alpha value is -1.06. The lowest BCUT2D eigenvalue weighted by Crippen LogP contribution is -2.31. The van der Waals surface area contributed by atoms with Crippen molar-refractivity contribution in [3.05, 3.63) is 34.9 Å². The number of hydrogen-bond donors (Lipinski definition) is 2. The molecule has 0 spiro atoms. The molecule has 20 heavy (non-hydrogen) atoms. The Kier molecular flexibility index (Phi) is 6.50. The Morgan fingerprint density at radius 2 is 1.95 bits per heavy atom. The van der Waals surface area contributed by atoms with Gasteiger partial charge in [-0.15, -0.1) is 12.4 Å². The van der Waals surface area contributed by atoms with E-state index in [2.05, 4.69) is 28.8 Å². The van der Waals surface area contributed by atoms with Crippen LogP contribution in [0.15, 0.2) is 18.2 Å². The summed E-state index contributed by atoms with van der Waals surface area (Å²) in [5, 5.41) is 6.36. The number of halogens is 1. The minimum Gasteiger partial charge on any atom is -0.350 e. The molecule has 4 heteroatoms. The zero-order valence-electron chi connectivity index (χ0n) is 12.5. The molecule has 0 bridgehead atoms. The zero-order chi connectivity index (χ0) is 13.8. The van der Waals surface area contributed by atoms with Crippen molar-refractivity contribution in [2.24, 2.45) is 0 Å². The van der Waals surface area contributed by atoms with Gasteiger partial charge in [0.15, 0.2) is 0 Å². The Morgan fingerprint density at radius 3 is 2.55 bits per heavy atom. The number of nitrogens with one attached hydrogen (secondary N) is 2. The molecule has 1 fully saturated rings. The first kappa shape index (κ1) is 17.0. The summed E-state index contributed by atoms with van der Waals surface area (Å²) in [6.07, 6.45) is 2.32. The van der Waals surface area contributed by atoms with E-state index in [1.807, 2.05) is 20.8 Å². The fourth-order valence-corrected chi connectivity index (χ4v) is 2.63. The van der Waals surface area contributed by atoms with Gasteiger partial charge in [-0.1, -0.05) is 12.1 Å². The minimum atomic E-state index is 0. The van der Waals surface area contributed by atoms with Crippen molar-refractivity contribution >= 4 is 18.3 Å². The summed E-state index contributed by atoms with van der Waals surface area (Å²) < 4.78 is 0. The van der Waals surface area contributed by atoms with E-state index in [0.29, 0.717) is 5.92 Å². The second kappa shape index (κ2) is 7.65. The summed E-state index contributed by atoms with van der Waals surface area (Å²) in [6, 6.07) is 6.52. The molecule has 2 N–H and O–H groups in total. The molecular formula is C16H25ClN2O. The predicted octanol–water partition coefficient (Wildman–Crippen LogP) is 3.02. The van der Waals surface area contributed by atoms with E-state index in [0.717, 1.165) is 37.1 Å². The number of carbonyl (C=O) groups excluding carboxylic acids is 1. The van der Waals surface area contributed by atoms with Gasteiger partial charge >= 0.3 is 0 Å². The highest BCUT2D eigenvalue weighted by Crippen LogP contribution is 2.26. The normalized spacial score (nSPS) is 15.8. The third-order valence-corrected chi connectivity index (χ3v) is 3.74. The van der Waals surface area contributed by atoms with Crippen LogP contribution in [-0.2, 0) is 0 Å². The first-order valence-corrected chi connectivity index (χ1v) is 7.20. The van der Waals surface area contributed by atoms with Crippen LogP contribution in [0.25, 0.3) is 0 Å². The van der Waals surface area contributed by atoms with E-state index in [1.165, 1.54) is 5.56 Å². The van der Waals surface area contributed by atoms with Crippen LogP contribution in [-0.4, -0.2) is 25.0 Å². The maximum atomic E-state index is 12.2. The molecule has 0 aliphatic carbocycles. The SMILES string of the molecule is Cc1ccc(C2CCNCC2)cc1C(=O)NC(C)C.Cl. The monoisotopic (exact) mass is 296 g/mol. The maximum absolute atomic E-state index is 12.2. The molecule has 1 saturated heterocycles. The number of amides is 1. The van der Waals surface area contributed by atoms with Gasteiger partial charge in [0.1, 0.15) is 0 Å². The summed E-state index contributed by atoms with van der Waals surface area (Å²) in [6.45, 7) is 8.13. The third-order valence-electron chi connectivity index (χ3n) is 3.74. The van der Waals surface area contributed by atoms with E-state index in [9.17, 15) is 4.79 Å². The van der Waals surface area contributed by atoms with Crippen LogP contribution in [0.3, 0.4) is 0 Å². The molecule has 1 heterocycles. The van der Waals surface area contributed by atoms with Gasteiger partial charge in [-0.2, -0.15) is 0 Å². The number of benzene rings is 1. The Labute approximate surface area is 127 Å². The molecule has 1 amide bonds. The van der Waals surface area contributed by atoms with Crippen LogP contribution >= 0.6 is 12.4 Å². The molecule has 0 saturated carbocycles. The molecule has 1 aromatic carbocycles. The van der Waals surface area contributed by atoms with Crippen molar-refractivity contribution < 1.29 is 4.79 Å². The van der Waals surface area contributed by atoms with Crippen LogP contribution in [0, 0.1) is 6.92 Å². The maximum Gasteiger partial charge on any atom is 0.251 e. The van der Waals surface area contributed by atoms with Crippen molar-refractivity contribution in [3.8, 4) is 0 Å². The highest BCUT2D eigenvalue weighted by atomic mass is 35.5. The van der Waals surface area contributed by atoms with Crippen LogP contribution < -0.4 is 10.6 Å². The molecule has 1 aromatic rings. The number of carbonyl (C=O) groups is 1. The van der Waals surface area contributed by atoms with Crippen molar-refractivity contribution in [2.45, 2.75) is 45.6 Å². The van der Waals surface area contributed by atoms with Crippen LogP contribution in [0.1, 0.15) is 54.1 Å². The Balaban J connectivity index is 0.00000200. The lowest BCUT2D eigenvalue weighted by atomic mass is 9.88. The molecule has 0 unspecified atom stereocenters. The molecule has 1 aliphatic heterocycles. The second-order valence-electron chi connectivity index (χ2n) is 5.73. The number of hydrogen-bond acceptors (Lipinski definition) is 2. The quantitative estimate of drug-likeness (QED) is 0.900. The molecule has 3 nitrogen and oxygen atoms in total. The fourth-order valence-electron chi connectivity index (χ4n) is 2.63. The largest absolute Gasteiger partial charge is 0.350 e. The lowest BCUT2D eigenvalue weighted by Gasteiger charge is -2.23. The molecular weight excluding hydrogens is 272 g/mol. The van der Waals surface area contributed by atoms with Crippen LogP contribution in [0.5, 0.6) is 0 Å². The summed E-state index contributed by atoms with van der Waals surface area (Å²) >= 11 is 0. The molecule has 0 radical (unpaired) electrons. The predicted molar refractivity (Wildman–Crippen MR) is 85.9 cm³/mol.